The summed E-state index contributed by atoms with van der Waals surface area (Å²) in [6.45, 7) is -1.33. The summed E-state index contributed by atoms with van der Waals surface area (Å²) in [5, 5.41) is 76.7. The predicted octanol–water partition coefficient (Wildman–Crippen LogP) is -5.40. The van der Waals surface area contributed by atoms with Crippen LogP contribution in [-0.2, 0) is 14.2 Å². The summed E-state index contributed by atoms with van der Waals surface area (Å²) in [4.78, 5) is 0. The summed E-state index contributed by atoms with van der Waals surface area (Å²) in [7, 11) is 0. The first-order chi connectivity index (χ1) is 10.8. The monoisotopic (exact) mass is 342 g/mol. The Kier molecular flexibility index (Phi) is 6.27. The number of aliphatic hydroxyl groups excluding tert-OH is 8. The van der Waals surface area contributed by atoms with Gasteiger partial charge in [0.05, 0.1) is 13.2 Å². The summed E-state index contributed by atoms with van der Waals surface area (Å²) in [5.41, 5.74) is 0. The van der Waals surface area contributed by atoms with Gasteiger partial charge in [-0.2, -0.15) is 0 Å². The lowest BCUT2D eigenvalue weighted by atomic mass is 9.97. The second-order valence-electron chi connectivity index (χ2n) is 5.53. The fraction of sp³-hybridized carbons (Fsp3) is 1.00. The van der Waals surface area contributed by atoms with Crippen LogP contribution in [0.1, 0.15) is 0 Å². The van der Waals surface area contributed by atoms with Gasteiger partial charge in [-0.05, 0) is 0 Å². The summed E-state index contributed by atoms with van der Waals surface area (Å²) >= 11 is 0. The maximum atomic E-state index is 9.94. The Hall–Kier alpha value is -0.440. The minimum Gasteiger partial charge on any atom is -0.394 e. The van der Waals surface area contributed by atoms with Gasteiger partial charge < -0.3 is 55.1 Å². The fourth-order valence-electron chi connectivity index (χ4n) is 2.55. The Morgan fingerprint density at radius 1 is 0.652 bits per heavy atom. The van der Waals surface area contributed by atoms with Gasteiger partial charge in [-0.1, -0.05) is 0 Å². The molecule has 2 fully saturated rings. The van der Waals surface area contributed by atoms with Crippen molar-refractivity contribution in [3.63, 3.8) is 0 Å². The van der Waals surface area contributed by atoms with Crippen LogP contribution in [0.15, 0.2) is 0 Å². The molecule has 8 N–H and O–H groups in total. The molecule has 0 bridgehead atoms. The van der Waals surface area contributed by atoms with E-state index in [9.17, 15) is 30.6 Å². The third-order valence-corrected chi connectivity index (χ3v) is 3.98. The molecule has 0 unspecified atom stereocenters. The van der Waals surface area contributed by atoms with Gasteiger partial charge in [-0.3, -0.25) is 0 Å². The standard InChI is InChI=1S/C12H22O11/c13-1-3-6(16)8(18)10(11(20)21-3)23-12-9(19)7(17)5(15)4(2-14)22-12/h3-20H,1-2H2/t3-,4-,5-,6+,7-,8-,9-,10-,11-,12+/m1/s1. The minimum absolute atomic E-state index is 0.651. The Labute approximate surface area is 130 Å². The molecule has 0 spiro atoms. The molecule has 0 aromatic heterocycles. The molecule has 0 aromatic rings. The predicted molar refractivity (Wildman–Crippen MR) is 68.6 cm³/mol. The van der Waals surface area contributed by atoms with E-state index < -0.39 is 74.6 Å². The second kappa shape index (κ2) is 7.63. The smallest absolute Gasteiger partial charge is 0.187 e. The van der Waals surface area contributed by atoms with Gasteiger partial charge in [-0.15, -0.1) is 0 Å². The van der Waals surface area contributed by atoms with Crippen molar-refractivity contribution in [2.24, 2.45) is 0 Å². The number of ether oxygens (including phenoxy) is 3. The summed E-state index contributed by atoms with van der Waals surface area (Å²) in [5.74, 6) is 0. The number of rotatable bonds is 4. The van der Waals surface area contributed by atoms with Gasteiger partial charge in [0.25, 0.3) is 0 Å². The van der Waals surface area contributed by atoms with Crippen LogP contribution in [0.5, 0.6) is 0 Å². The highest BCUT2D eigenvalue weighted by molar-refractivity contribution is 4.93. The zero-order valence-electron chi connectivity index (χ0n) is 12.0. The molecule has 2 aliphatic rings. The van der Waals surface area contributed by atoms with Crippen LogP contribution in [0, 0.1) is 0 Å². The lowest BCUT2D eigenvalue weighted by Gasteiger charge is -2.44. The fourth-order valence-corrected chi connectivity index (χ4v) is 2.55. The lowest BCUT2D eigenvalue weighted by Crippen LogP contribution is -2.64. The van der Waals surface area contributed by atoms with E-state index in [2.05, 4.69) is 0 Å². The van der Waals surface area contributed by atoms with Crippen LogP contribution in [0.2, 0.25) is 0 Å². The summed E-state index contributed by atoms with van der Waals surface area (Å²) in [6.07, 6.45) is -15.6. The molecule has 23 heavy (non-hydrogen) atoms. The highest BCUT2D eigenvalue weighted by Gasteiger charge is 2.50. The molecule has 0 radical (unpaired) electrons. The number of aliphatic hydroxyl groups is 8. The van der Waals surface area contributed by atoms with Gasteiger partial charge in [0.1, 0.15) is 48.8 Å². The van der Waals surface area contributed by atoms with Crippen LogP contribution in [0.3, 0.4) is 0 Å². The first-order valence-corrected chi connectivity index (χ1v) is 7.08. The molecule has 2 heterocycles. The molecule has 0 saturated carbocycles. The van der Waals surface area contributed by atoms with Crippen molar-refractivity contribution < 1.29 is 55.1 Å². The molecule has 11 nitrogen and oxygen atoms in total. The van der Waals surface area contributed by atoms with Crippen LogP contribution in [-0.4, -0.2) is 115 Å². The molecule has 2 saturated heterocycles. The summed E-state index contributed by atoms with van der Waals surface area (Å²) < 4.78 is 15.1. The van der Waals surface area contributed by atoms with Crippen LogP contribution < -0.4 is 0 Å². The maximum Gasteiger partial charge on any atom is 0.187 e. The molecule has 0 aliphatic carbocycles. The van der Waals surface area contributed by atoms with Crippen LogP contribution in [0.25, 0.3) is 0 Å². The zero-order chi connectivity index (χ0) is 17.3. The van der Waals surface area contributed by atoms with Crippen molar-refractivity contribution in [2.45, 2.75) is 61.4 Å². The summed E-state index contributed by atoms with van der Waals surface area (Å²) in [6, 6.07) is 0. The molecule has 0 amide bonds. The van der Waals surface area contributed by atoms with E-state index in [0.717, 1.165) is 0 Å². The average Bonchev–Trinajstić information content (AvgIpc) is 2.54. The largest absolute Gasteiger partial charge is 0.394 e. The Morgan fingerprint density at radius 2 is 1.17 bits per heavy atom. The lowest BCUT2D eigenvalue weighted by molar-refractivity contribution is -0.361. The Balaban J connectivity index is 2.08. The van der Waals surface area contributed by atoms with Gasteiger partial charge in [0, 0.05) is 0 Å². The van der Waals surface area contributed by atoms with Gasteiger partial charge in [0.2, 0.25) is 0 Å². The van der Waals surface area contributed by atoms with Gasteiger partial charge >= 0.3 is 0 Å². The van der Waals surface area contributed by atoms with Crippen LogP contribution >= 0.6 is 0 Å². The van der Waals surface area contributed by atoms with E-state index in [4.69, 9.17) is 24.4 Å². The quantitative estimate of drug-likeness (QED) is 0.243. The molecule has 2 aliphatic heterocycles. The van der Waals surface area contributed by atoms with Crippen molar-refractivity contribution in [2.75, 3.05) is 13.2 Å². The number of hydrogen-bond acceptors (Lipinski definition) is 11. The van der Waals surface area contributed by atoms with E-state index in [-0.39, 0.29) is 0 Å². The van der Waals surface area contributed by atoms with Crippen molar-refractivity contribution in [1.29, 1.82) is 0 Å². The van der Waals surface area contributed by atoms with Crippen molar-refractivity contribution in [3.05, 3.63) is 0 Å². The molecule has 11 heteroatoms. The molecular weight excluding hydrogens is 320 g/mol. The van der Waals surface area contributed by atoms with Gasteiger partial charge in [-0.25, -0.2) is 0 Å². The Bertz CT molecular complexity index is 380. The number of hydrogen-bond donors (Lipinski definition) is 8. The average molecular weight is 342 g/mol. The third-order valence-electron chi connectivity index (χ3n) is 3.98. The molecule has 10 atom stereocenters. The van der Waals surface area contributed by atoms with E-state index in [1.165, 1.54) is 0 Å². The first-order valence-electron chi connectivity index (χ1n) is 7.08. The highest BCUT2D eigenvalue weighted by Crippen LogP contribution is 2.28. The van der Waals surface area contributed by atoms with E-state index in [1.807, 2.05) is 0 Å². The van der Waals surface area contributed by atoms with E-state index >= 15 is 0 Å². The molecule has 136 valence electrons. The van der Waals surface area contributed by atoms with Crippen molar-refractivity contribution >= 4 is 0 Å². The molecule has 2 rings (SSSR count). The third kappa shape index (κ3) is 3.65. The van der Waals surface area contributed by atoms with E-state index in [0.29, 0.717) is 0 Å². The second-order valence-corrected chi connectivity index (χ2v) is 5.53. The van der Waals surface area contributed by atoms with Crippen molar-refractivity contribution in [1.82, 2.24) is 0 Å². The molecule has 0 aromatic carbocycles. The maximum absolute atomic E-state index is 9.94. The van der Waals surface area contributed by atoms with E-state index in [1.54, 1.807) is 0 Å². The Morgan fingerprint density at radius 3 is 1.74 bits per heavy atom. The highest BCUT2D eigenvalue weighted by atomic mass is 16.7. The molecular formula is C12H22O11. The topological polar surface area (TPSA) is 190 Å². The normalized spacial score (nSPS) is 51.7. The van der Waals surface area contributed by atoms with Crippen molar-refractivity contribution in [3.8, 4) is 0 Å². The SMILES string of the molecule is OC[C@H]1O[C@@H](O)[C@H](O[C@@H]2O[C@H](CO)[C@@H](O)[C@@H](O)[C@H]2O)[C@H](O)[C@H]1O. The van der Waals surface area contributed by atoms with Crippen LogP contribution in [0.4, 0.5) is 0 Å². The first kappa shape index (κ1) is 18.9. The minimum atomic E-state index is -1.75. The van der Waals surface area contributed by atoms with Gasteiger partial charge in [0.15, 0.2) is 12.6 Å². The zero-order valence-corrected chi connectivity index (χ0v) is 12.0.